The first-order chi connectivity index (χ1) is 12.6. The molecule has 0 unspecified atom stereocenters. The van der Waals surface area contributed by atoms with Crippen molar-refractivity contribution in [3.05, 3.63) is 54.2 Å². The summed E-state index contributed by atoms with van der Waals surface area (Å²) in [6, 6.07) is 12.6. The molecular formula is C19H23N3O4. The number of amides is 1. The first kappa shape index (κ1) is 18.2. The van der Waals surface area contributed by atoms with Crippen molar-refractivity contribution in [2.75, 3.05) is 45.3 Å². The Morgan fingerprint density at radius 1 is 1.38 bits per heavy atom. The number of anilines is 1. The van der Waals surface area contributed by atoms with Crippen molar-refractivity contribution >= 4 is 11.7 Å². The molecule has 0 radical (unpaired) electrons. The number of hydrogen-bond donors (Lipinski definition) is 2. The molecule has 2 N–H and O–H groups in total. The molecule has 7 nitrogen and oxygen atoms in total. The van der Waals surface area contributed by atoms with Crippen LogP contribution in [0.15, 0.2) is 48.7 Å². The highest BCUT2D eigenvalue weighted by Gasteiger charge is 2.35. The van der Waals surface area contributed by atoms with Crippen LogP contribution in [0.25, 0.3) is 0 Å². The summed E-state index contributed by atoms with van der Waals surface area (Å²) in [6.45, 7) is 1.06. The summed E-state index contributed by atoms with van der Waals surface area (Å²) in [5.74, 6) is 1.10. The number of hydrogen-bond acceptors (Lipinski definition) is 6. The van der Waals surface area contributed by atoms with Gasteiger partial charge in [0.15, 0.2) is 0 Å². The maximum atomic E-state index is 12.8. The van der Waals surface area contributed by atoms with Gasteiger partial charge in [-0.1, -0.05) is 18.2 Å². The predicted octanol–water partition coefficient (Wildman–Crippen LogP) is 1.41. The van der Waals surface area contributed by atoms with Crippen LogP contribution in [0.5, 0.6) is 5.75 Å². The summed E-state index contributed by atoms with van der Waals surface area (Å²) in [4.78, 5) is 18.6. The van der Waals surface area contributed by atoms with Gasteiger partial charge in [0, 0.05) is 25.4 Å². The second-order valence-corrected chi connectivity index (χ2v) is 6.29. The molecule has 2 heterocycles. The van der Waals surface area contributed by atoms with E-state index in [2.05, 4.69) is 10.3 Å². The van der Waals surface area contributed by atoms with E-state index in [4.69, 9.17) is 9.47 Å². The molecule has 0 saturated carbocycles. The molecule has 1 aliphatic heterocycles. The highest BCUT2D eigenvalue weighted by atomic mass is 16.5. The van der Waals surface area contributed by atoms with E-state index < -0.39 is 5.60 Å². The van der Waals surface area contributed by atoms with Gasteiger partial charge in [-0.05, 0) is 24.3 Å². The summed E-state index contributed by atoms with van der Waals surface area (Å²) in [7, 11) is 1.75. The minimum absolute atomic E-state index is 0.0406. The molecule has 1 aliphatic rings. The molecule has 7 heteroatoms. The Balaban J connectivity index is 1.70. The van der Waals surface area contributed by atoms with E-state index in [0.717, 1.165) is 0 Å². The maximum Gasteiger partial charge on any atom is 0.254 e. The van der Waals surface area contributed by atoms with Gasteiger partial charge < -0.3 is 24.8 Å². The summed E-state index contributed by atoms with van der Waals surface area (Å²) in [5, 5.41) is 13.8. The number of rotatable bonds is 5. The standard InChI is InChI=1S/C19H23N3O4/c1-20-17-11-15(7-8-21-17)18(23)22-9-10-25-13-19(24,12-22)14-26-16-5-3-2-4-6-16/h2-8,11,24H,9-10,12-14H2,1H3,(H,20,21)/t19-/m1/s1. The fraction of sp³-hybridized carbons (Fsp3) is 0.368. The van der Waals surface area contributed by atoms with E-state index >= 15 is 0 Å². The number of carbonyl (C=O) groups is 1. The quantitative estimate of drug-likeness (QED) is 0.842. The van der Waals surface area contributed by atoms with Crippen molar-refractivity contribution in [2.24, 2.45) is 0 Å². The van der Waals surface area contributed by atoms with Gasteiger partial charge >= 0.3 is 0 Å². The topological polar surface area (TPSA) is 83.9 Å². The smallest absolute Gasteiger partial charge is 0.254 e. The van der Waals surface area contributed by atoms with Crippen LogP contribution < -0.4 is 10.1 Å². The molecule has 1 aromatic heterocycles. The lowest BCUT2D eigenvalue weighted by molar-refractivity contribution is -0.0621. The summed E-state index contributed by atoms with van der Waals surface area (Å²) < 4.78 is 11.2. The molecule has 1 aromatic carbocycles. The average Bonchev–Trinajstić information content (AvgIpc) is 2.89. The van der Waals surface area contributed by atoms with Crippen LogP contribution in [0.2, 0.25) is 0 Å². The van der Waals surface area contributed by atoms with Crippen molar-refractivity contribution in [3.63, 3.8) is 0 Å². The van der Waals surface area contributed by atoms with Crippen LogP contribution >= 0.6 is 0 Å². The Kier molecular flexibility index (Phi) is 5.70. The molecule has 0 spiro atoms. The highest BCUT2D eigenvalue weighted by molar-refractivity contribution is 5.94. The second kappa shape index (κ2) is 8.16. The zero-order valence-electron chi connectivity index (χ0n) is 14.7. The Bertz CT molecular complexity index is 741. The number of carbonyl (C=O) groups excluding carboxylic acids is 1. The molecule has 1 atom stereocenters. The minimum Gasteiger partial charge on any atom is -0.490 e. The van der Waals surface area contributed by atoms with Crippen molar-refractivity contribution < 1.29 is 19.4 Å². The Morgan fingerprint density at radius 3 is 2.96 bits per heavy atom. The predicted molar refractivity (Wildman–Crippen MR) is 97.4 cm³/mol. The van der Waals surface area contributed by atoms with Crippen LogP contribution in [-0.4, -0.2) is 66.5 Å². The second-order valence-electron chi connectivity index (χ2n) is 6.29. The summed E-state index contributed by atoms with van der Waals surface area (Å²) >= 11 is 0. The van der Waals surface area contributed by atoms with Gasteiger partial charge in [-0.3, -0.25) is 4.79 Å². The van der Waals surface area contributed by atoms with Gasteiger partial charge in [0.25, 0.3) is 5.91 Å². The van der Waals surface area contributed by atoms with E-state index in [-0.39, 0.29) is 25.7 Å². The van der Waals surface area contributed by atoms with E-state index in [9.17, 15) is 9.90 Å². The van der Waals surface area contributed by atoms with Crippen molar-refractivity contribution in [3.8, 4) is 5.75 Å². The molecule has 2 aromatic rings. The Morgan fingerprint density at radius 2 is 2.19 bits per heavy atom. The summed E-state index contributed by atoms with van der Waals surface area (Å²) in [6.07, 6.45) is 1.58. The number of β-amino-alcohol motifs (C(OH)–C–C–N with tert-alkyl or cyclic N) is 1. The molecule has 3 rings (SSSR count). The lowest BCUT2D eigenvalue weighted by atomic mass is 10.1. The van der Waals surface area contributed by atoms with Gasteiger partial charge in [-0.15, -0.1) is 0 Å². The van der Waals surface area contributed by atoms with Gasteiger partial charge in [0.05, 0.1) is 19.8 Å². The van der Waals surface area contributed by atoms with Crippen molar-refractivity contribution in [1.29, 1.82) is 0 Å². The molecule has 1 fully saturated rings. The molecule has 1 amide bonds. The van der Waals surface area contributed by atoms with Crippen LogP contribution in [0.3, 0.4) is 0 Å². The largest absolute Gasteiger partial charge is 0.490 e. The van der Waals surface area contributed by atoms with Crippen LogP contribution in [-0.2, 0) is 4.74 Å². The molecular weight excluding hydrogens is 334 g/mol. The molecule has 0 bridgehead atoms. The number of nitrogens with one attached hydrogen (secondary N) is 1. The number of aromatic nitrogens is 1. The minimum atomic E-state index is -1.28. The molecule has 26 heavy (non-hydrogen) atoms. The number of nitrogens with zero attached hydrogens (tertiary/aromatic N) is 2. The third-order valence-corrected chi connectivity index (χ3v) is 4.16. The van der Waals surface area contributed by atoms with Gasteiger partial charge in [0.2, 0.25) is 0 Å². The lowest BCUT2D eigenvalue weighted by Gasteiger charge is -2.30. The van der Waals surface area contributed by atoms with Crippen LogP contribution in [0, 0.1) is 0 Å². The number of ether oxygens (including phenoxy) is 2. The van der Waals surface area contributed by atoms with Gasteiger partial charge in [0.1, 0.15) is 23.8 Å². The fourth-order valence-electron chi connectivity index (χ4n) is 2.79. The van der Waals surface area contributed by atoms with Crippen LogP contribution in [0.4, 0.5) is 5.82 Å². The zero-order chi connectivity index (χ0) is 18.4. The summed E-state index contributed by atoms with van der Waals surface area (Å²) in [5.41, 5.74) is -0.765. The maximum absolute atomic E-state index is 12.8. The van der Waals surface area contributed by atoms with E-state index in [1.165, 1.54) is 0 Å². The third-order valence-electron chi connectivity index (χ3n) is 4.16. The first-order valence-corrected chi connectivity index (χ1v) is 8.51. The average molecular weight is 357 g/mol. The first-order valence-electron chi connectivity index (χ1n) is 8.51. The molecule has 0 aliphatic carbocycles. The lowest BCUT2D eigenvalue weighted by Crippen LogP contribution is -2.50. The Labute approximate surface area is 152 Å². The SMILES string of the molecule is CNc1cc(C(=O)N2CCOC[C@@](O)(COc3ccccc3)C2)ccn1. The fourth-order valence-corrected chi connectivity index (χ4v) is 2.79. The van der Waals surface area contributed by atoms with Crippen molar-refractivity contribution in [2.45, 2.75) is 5.60 Å². The van der Waals surface area contributed by atoms with Gasteiger partial charge in [-0.25, -0.2) is 4.98 Å². The zero-order valence-corrected chi connectivity index (χ0v) is 14.7. The monoisotopic (exact) mass is 357 g/mol. The number of aliphatic hydroxyl groups is 1. The van der Waals surface area contributed by atoms with E-state index in [1.54, 1.807) is 30.3 Å². The number of pyridine rings is 1. The van der Waals surface area contributed by atoms with Gasteiger partial charge in [-0.2, -0.15) is 0 Å². The molecule has 138 valence electrons. The van der Waals surface area contributed by atoms with Crippen LogP contribution in [0.1, 0.15) is 10.4 Å². The Hall–Kier alpha value is -2.64. The normalized spacial score (nSPS) is 20.3. The van der Waals surface area contributed by atoms with Crippen molar-refractivity contribution in [1.82, 2.24) is 9.88 Å². The third kappa shape index (κ3) is 4.50. The van der Waals surface area contributed by atoms with E-state index in [0.29, 0.717) is 30.3 Å². The number of benzene rings is 1. The number of para-hydroxylation sites is 1. The van der Waals surface area contributed by atoms with E-state index in [1.807, 2.05) is 30.3 Å². The highest BCUT2D eigenvalue weighted by Crippen LogP contribution is 2.18. The molecule has 1 saturated heterocycles.